The van der Waals surface area contributed by atoms with Crippen LogP contribution >= 0.6 is 0 Å². The first-order valence-corrected chi connectivity index (χ1v) is 6.96. The third kappa shape index (κ3) is 4.56. The first-order valence-electron chi connectivity index (χ1n) is 6.96. The number of aromatic nitrogens is 2. The first-order chi connectivity index (χ1) is 9.66. The highest BCUT2D eigenvalue weighted by Gasteiger charge is 2.21. The number of nitrogens with zero attached hydrogens (tertiary/aromatic N) is 3. The third-order valence-electron chi connectivity index (χ3n) is 3.08. The first kappa shape index (κ1) is 17.2. The summed E-state index contributed by atoms with van der Waals surface area (Å²) >= 11 is 0. The van der Waals surface area contributed by atoms with Gasteiger partial charge in [0.2, 0.25) is 5.91 Å². The molecule has 1 aromatic heterocycles. The number of hydrogen-bond acceptors (Lipinski definition) is 6. The van der Waals surface area contributed by atoms with Crippen LogP contribution in [0.15, 0.2) is 0 Å². The van der Waals surface area contributed by atoms with E-state index in [4.69, 9.17) is 5.84 Å². The number of nitrogen functional groups attached to an aromatic ring is 1. The van der Waals surface area contributed by atoms with Crippen LogP contribution in [0, 0.1) is 6.92 Å². The maximum absolute atomic E-state index is 11.6. The van der Waals surface area contributed by atoms with E-state index in [0.29, 0.717) is 30.4 Å². The topological polar surface area (TPSA) is 96.2 Å². The van der Waals surface area contributed by atoms with E-state index in [9.17, 15) is 4.79 Å². The smallest absolute Gasteiger partial charge is 0.223 e. The lowest BCUT2D eigenvalue weighted by Crippen LogP contribution is -2.25. The van der Waals surface area contributed by atoms with Crippen LogP contribution < -0.4 is 16.6 Å². The number of nitrogens with one attached hydrogen (secondary N) is 2. The fraction of sp³-hybridized carbons (Fsp3) is 0.643. The molecule has 7 heteroatoms. The summed E-state index contributed by atoms with van der Waals surface area (Å²) < 4.78 is 0. The van der Waals surface area contributed by atoms with Crippen molar-refractivity contribution in [2.45, 2.75) is 39.5 Å². The number of hydrazine groups is 1. The summed E-state index contributed by atoms with van der Waals surface area (Å²) in [5, 5.41) is 3.19. The molecule has 7 nitrogen and oxygen atoms in total. The van der Waals surface area contributed by atoms with Crippen LogP contribution in [0.5, 0.6) is 0 Å². The quantitative estimate of drug-likeness (QED) is 0.559. The highest BCUT2D eigenvalue weighted by Crippen LogP contribution is 2.25. The lowest BCUT2D eigenvalue weighted by Gasteiger charge is -2.20. The van der Waals surface area contributed by atoms with Crippen molar-refractivity contribution in [3.05, 3.63) is 11.4 Å². The normalized spacial score (nSPS) is 11.2. The minimum Gasteiger partial charge on any atom is -0.369 e. The fourth-order valence-electron chi connectivity index (χ4n) is 1.68. The average Bonchev–Trinajstić information content (AvgIpc) is 2.38. The van der Waals surface area contributed by atoms with E-state index in [1.165, 1.54) is 0 Å². The lowest BCUT2D eigenvalue weighted by molar-refractivity contribution is -0.128. The molecule has 0 saturated carbocycles. The Bertz CT molecular complexity index is 507. The van der Waals surface area contributed by atoms with Gasteiger partial charge in [0, 0.05) is 38.0 Å². The zero-order valence-electron chi connectivity index (χ0n) is 13.7. The average molecular weight is 294 g/mol. The van der Waals surface area contributed by atoms with Crippen molar-refractivity contribution in [1.82, 2.24) is 14.9 Å². The Balaban J connectivity index is 2.93. The summed E-state index contributed by atoms with van der Waals surface area (Å²) in [5.41, 5.74) is 3.25. The Labute approximate surface area is 126 Å². The molecule has 0 aliphatic heterocycles. The predicted molar refractivity (Wildman–Crippen MR) is 85.1 cm³/mol. The van der Waals surface area contributed by atoms with E-state index in [2.05, 4.69) is 20.7 Å². The molecule has 0 aliphatic rings. The summed E-state index contributed by atoms with van der Waals surface area (Å²) in [6.07, 6.45) is 0.409. The van der Waals surface area contributed by atoms with Crippen molar-refractivity contribution < 1.29 is 4.79 Å². The Morgan fingerprint density at radius 1 is 1.24 bits per heavy atom. The Morgan fingerprint density at radius 3 is 2.29 bits per heavy atom. The van der Waals surface area contributed by atoms with Crippen molar-refractivity contribution in [3.63, 3.8) is 0 Å². The molecule has 0 aromatic carbocycles. The van der Waals surface area contributed by atoms with Gasteiger partial charge < -0.3 is 15.6 Å². The van der Waals surface area contributed by atoms with Gasteiger partial charge in [0.05, 0.1) is 0 Å². The van der Waals surface area contributed by atoms with Crippen molar-refractivity contribution >= 4 is 17.5 Å². The lowest BCUT2D eigenvalue weighted by atomic mass is 9.95. The Morgan fingerprint density at radius 2 is 1.81 bits per heavy atom. The zero-order chi connectivity index (χ0) is 16.2. The number of rotatable bonds is 5. The van der Waals surface area contributed by atoms with E-state index in [1.54, 1.807) is 19.0 Å². The van der Waals surface area contributed by atoms with Crippen molar-refractivity contribution in [2.24, 2.45) is 5.84 Å². The van der Waals surface area contributed by atoms with E-state index in [-0.39, 0.29) is 11.3 Å². The van der Waals surface area contributed by atoms with Crippen molar-refractivity contribution in [2.75, 3.05) is 31.4 Å². The second-order valence-corrected chi connectivity index (χ2v) is 6.23. The molecular weight excluding hydrogens is 268 g/mol. The monoisotopic (exact) mass is 294 g/mol. The fourth-order valence-corrected chi connectivity index (χ4v) is 1.68. The molecule has 0 unspecified atom stereocenters. The summed E-state index contributed by atoms with van der Waals surface area (Å²) in [4.78, 5) is 22.1. The largest absolute Gasteiger partial charge is 0.369 e. The SMILES string of the molecule is Cc1c(NN)nc(C(C)(C)C)nc1NCCC(=O)N(C)C. The minimum atomic E-state index is -0.185. The number of amides is 1. The summed E-state index contributed by atoms with van der Waals surface area (Å²) in [7, 11) is 3.48. The molecule has 0 radical (unpaired) electrons. The van der Waals surface area contributed by atoms with Gasteiger partial charge >= 0.3 is 0 Å². The standard InChI is InChI=1S/C14H26N6O/c1-9-11(16-8-7-10(21)20(5)6)17-13(14(2,3)4)18-12(9)19-15/h7-8,15H2,1-6H3,(H2,16,17,18,19). The van der Waals surface area contributed by atoms with Crippen LogP contribution in [-0.2, 0) is 10.2 Å². The summed E-state index contributed by atoms with van der Waals surface area (Å²) in [5.74, 6) is 7.58. The molecule has 1 aromatic rings. The maximum Gasteiger partial charge on any atom is 0.223 e. The number of nitrogens with two attached hydrogens (primary N) is 1. The molecule has 1 rings (SSSR count). The van der Waals surface area contributed by atoms with Gasteiger partial charge in [-0.15, -0.1) is 0 Å². The van der Waals surface area contributed by atoms with Gasteiger partial charge in [-0.3, -0.25) is 4.79 Å². The highest BCUT2D eigenvalue weighted by molar-refractivity contribution is 5.76. The molecule has 21 heavy (non-hydrogen) atoms. The van der Waals surface area contributed by atoms with Gasteiger partial charge in [-0.25, -0.2) is 15.8 Å². The van der Waals surface area contributed by atoms with Gasteiger partial charge in [0.15, 0.2) is 0 Å². The van der Waals surface area contributed by atoms with E-state index >= 15 is 0 Å². The third-order valence-corrected chi connectivity index (χ3v) is 3.08. The summed E-state index contributed by atoms with van der Waals surface area (Å²) in [6, 6.07) is 0. The van der Waals surface area contributed by atoms with Crippen molar-refractivity contribution in [3.8, 4) is 0 Å². The predicted octanol–water partition coefficient (Wildman–Crippen LogP) is 1.26. The van der Waals surface area contributed by atoms with Crippen LogP contribution in [0.3, 0.4) is 0 Å². The zero-order valence-corrected chi connectivity index (χ0v) is 13.7. The molecule has 0 aliphatic carbocycles. The van der Waals surface area contributed by atoms with Crippen molar-refractivity contribution in [1.29, 1.82) is 0 Å². The number of carbonyl (C=O) groups excluding carboxylic acids is 1. The second-order valence-electron chi connectivity index (χ2n) is 6.23. The Hall–Kier alpha value is -1.89. The summed E-state index contributed by atoms with van der Waals surface area (Å²) in [6.45, 7) is 8.52. The number of carbonyl (C=O) groups is 1. The van der Waals surface area contributed by atoms with Crippen LogP contribution in [0.25, 0.3) is 0 Å². The molecule has 118 valence electrons. The molecule has 0 fully saturated rings. The number of anilines is 2. The van der Waals surface area contributed by atoms with Gasteiger partial charge in [-0.05, 0) is 6.92 Å². The van der Waals surface area contributed by atoms with E-state index in [1.807, 2.05) is 27.7 Å². The molecule has 1 heterocycles. The van der Waals surface area contributed by atoms with Crippen LogP contribution in [0.1, 0.15) is 38.6 Å². The van der Waals surface area contributed by atoms with E-state index < -0.39 is 0 Å². The maximum atomic E-state index is 11.6. The van der Waals surface area contributed by atoms with Gasteiger partial charge in [0.25, 0.3) is 0 Å². The van der Waals surface area contributed by atoms with Crippen LogP contribution in [-0.4, -0.2) is 41.4 Å². The molecule has 0 spiro atoms. The second kappa shape index (κ2) is 6.71. The minimum absolute atomic E-state index is 0.0717. The van der Waals surface area contributed by atoms with Gasteiger partial charge in [0.1, 0.15) is 17.5 Å². The number of hydrogen-bond donors (Lipinski definition) is 3. The molecular formula is C14H26N6O. The Kier molecular flexibility index (Phi) is 5.48. The molecule has 4 N–H and O–H groups in total. The highest BCUT2D eigenvalue weighted by atomic mass is 16.2. The molecule has 0 bridgehead atoms. The molecule has 0 atom stereocenters. The van der Waals surface area contributed by atoms with Crippen LogP contribution in [0.2, 0.25) is 0 Å². The van der Waals surface area contributed by atoms with Crippen LogP contribution in [0.4, 0.5) is 11.6 Å². The van der Waals surface area contributed by atoms with Gasteiger partial charge in [-0.2, -0.15) is 0 Å². The van der Waals surface area contributed by atoms with Gasteiger partial charge in [-0.1, -0.05) is 20.8 Å². The molecule has 0 saturated heterocycles. The molecule has 1 amide bonds. The van der Waals surface area contributed by atoms with E-state index in [0.717, 1.165) is 5.56 Å².